The lowest BCUT2D eigenvalue weighted by atomic mass is 10.2. The average Bonchev–Trinajstić information content (AvgIpc) is 2.88. The van der Waals surface area contributed by atoms with Gasteiger partial charge in [-0.1, -0.05) is 19.0 Å². The first-order valence-electron chi connectivity index (χ1n) is 6.19. The van der Waals surface area contributed by atoms with E-state index in [1.165, 1.54) is 31.2 Å². The molecule has 0 spiro atoms. The highest BCUT2D eigenvalue weighted by Gasteiger charge is 2.30. The molecule has 1 atom stereocenters. The van der Waals surface area contributed by atoms with Crippen LogP contribution in [0.2, 0.25) is 0 Å². The Balaban J connectivity index is 2.35. The number of rotatable bonds is 4. The van der Waals surface area contributed by atoms with Gasteiger partial charge in [0.15, 0.2) is 15.7 Å². The third-order valence-electron chi connectivity index (χ3n) is 2.95. The van der Waals surface area contributed by atoms with Crippen molar-refractivity contribution in [2.45, 2.75) is 36.8 Å². The molecule has 0 saturated heterocycles. The molecule has 0 radical (unpaired) electrons. The van der Waals surface area contributed by atoms with Gasteiger partial charge in [0.05, 0.1) is 4.90 Å². The van der Waals surface area contributed by atoms with Gasteiger partial charge in [0.25, 0.3) is 0 Å². The van der Waals surface area contributed by atoms with Crippen LogP contribution in [0.1, 0.15) is 43.7 Å². The predicted octanol–water partition coefficient (Wildman–Crippen LogP) is 2.43. The molecule has 2 rings (SSSR count). The van der Waals surface area contributed by atoms with E-state index in [1.807, 2.05) is 13.8 Å². The smallest absolute Gasteiger partial charge is 0.245 e. The van der Waals surface area contributed by atoms with E-state index in [2.05, 4.69) is 10.1 Å². The lowest BCUT2D eigenvalue weighted by Gasteiger charge is -2.08. The van der Waals surface area contributed by atoms with E-state index >= 15 is 0 Å². The van der Waals surface area contributed by atoms with Crippen molar-refractivity contribution >= 4 is 9.84 Å². The second-order valence-corrected chi connectivity index (χ2v) is 7.10. The van der Waals surface area contributed by atoms with Crippen molar-refractivity contribution in [1.82, 2.24) is 10.1 Å². The molecule has 1 N–H and O–H groups in total. The largest absolute Gasteiger partial charge is 0.508 e. The molecule has 0 bridgehead atoms. The normalized spacial score (nSPS) is 13.6. The van der Waals surface area contributed by atoms with Crippen LogP contribution in [0.25, 0.3) is 0 Å². The highest BCUT2D eigenvalue weighted by Crippen LogP contribution is 2.28. The molecule has 0 amide bonds. The van der Waals surface area contributed by atoms with Gasteiger partial charge in [-0.15, -0.1) is 0 Å². The third kappa shape index (κ3) is 2.67. The molecule has 0 unspecified atom stereocenters. The van der Waals surface area contributed by atoms with E-state index in [0.717, 1.165) is 0 Å². The lowest BCUT2D eigenvalue weighted by molar-refractivity contribution is 0.369. The summed E-state index contributed by atoms with van der Waals surface area (Å²) in [6, 6.07) is 5.35. The maximum absolute atomic E-state index is 12.4. The van der Waals surface area contributed by atoms with Gasteiger partial charge in [-0.25, -0.2) is 8.42 Å². The van der Waals surface area contributed by atoms with E-state index in [0.29, 0.717) is 5.82 Å². The number of phenols is 1. The van der Waals surface area contributed by atoms with Crippen LogP contribution in [0.4, 0.5) is 0 Å². The van der Waals surface area contributed by atoms with Crippen LogP contribution in [0.15, 0.2) is 33.7 Å². The standard InChI is InChI=1S/C13H16N2O4S/c1-8(2)12-14-13(19-15-12)9(3)20(17,18)11-6-4-10(16)5-7-11/h4-9,16H,1-3H3/t9-/m0/s1. The molecular formula is C13H16N2O4S. The molecule has 0 aliphatic heterocycles. The van der Waals surface area contributed by atoms with Crippen molar-refractivity contribution < 1.29 is 18.0 Å². The number of aromatic nitrogens is 2. The summed E-state index contributed by atoms with van der Waals surface area (Å²) in [5.41, 5.74) is 0. The van der Waals surface area contributed by atoms with Gasteiger partial charge in [-0.3, -0.25) is 0 Å². The number of phenolic OH excluding ortho intramolecular Hbond substituents is 1. The van der Waals surface area contributed by atoms with E-state index in [4.69, 9.17) is 4.52 Å². The van der Waals surface area contributed by atoms with Gasteiger partial charge in [0.1, 0.15) is 11.0 Å². The zero-order chi connectivity index (χ0) is 14.9. The summed E-state index contributed by atoms with van der Waals surface area (Å²) in [5, 5.41) is 12.0. The zero-order valence-electron chi connectivity index (χ0n) is 11.4. The summed E-state index contributed by atoms with van der Waals surface area (Å²) in [6.07, 6.45) is 0. The third-order valence-corrected chi connectivity index (χ3v) is 5.01. The summed E-state index contributed by atoms with van der Waals surface area (Å²) in [7, 11) is -3.63. The van der Waals surface area contributed by atoms with E-state index in [-0.39, 0.29) is 22.5 Å². The molecule has 0 aliphatic carbocycles. The fourth-order valence-corrected chi connectivity index (χ4v) is 2.90. The van der Waals surface area contributed by atoms with Crippen molar-refractivity contribution in [3.63, 3.8) is 0 Å². The minimum Gasteiger partial charge on any atom is -0.508 e. The van der Waals surface area contributed by atoms with Crippen LogP contribution in [0, 0.1) is 0 Å². The minimum absolute atomic E-state index is 0.0106. The number of hydrogen-bond acceptors (Lipinski definition) is 6. The Morgan fingerprint density at radius 2 is 1.75 bits per heavy atom. The SMILES string of the molecule is CC(C)c1noc([C@H](C)S(=O)(=O)c2ccc(O)cc2)n1. The predicted molar refractivity (Wildman–Crippen MR) is 72.1 cm³/mol. The Labute approximate surface area is 117 Å². The molecule has 108 valence electrons. The quantitative estimate of drug-likeness (QED) is 0.931. The van der Waals surface area contributed by atoms with Crippen LogP contribution in [0.3, 0.4) is 0 Å². The summed E-state index contributed by atoms with van der Waals surface area (Å²) in [5.74, 6) is 0.627. The number of benzene rings is 1. The fraction of sp³-hybridized carbons (Fsp3) is 0.385. The summed E-state index contributed by atoms with van der Waals surface area (Å²) in [4.78, 5) is 4.22. The number of aromatic hydroxyl groups is 1. The Morgan fingerprint density at radius 3 is 2.25 bits per heavy atom. The molecule has 7 heteroatoms. The van der Waals surface area contributed by atoms with Crippen molar-refractivity contribution in [2.24, 2.45) is 0 Å². The molecule has 1 aromatic heterocycles. The number of sulfone groups is 1. The molecule has 20 heavy (non-hydrogen) atoms. The summed E-state index contributed by atoms with van der Waals surface area (Å²) >= 11 is 0. The molecule has 0 saturated carbocycles. The van der Waals surface area contributed by atoms with Gasteiger partial charge < -0.3 is 9.63 Å². The molecule has 6 nitrogen and oxygen atoms in total. The number of hydrogen-bond donors (Lipinski definition) is 1. The van der Waals surface area contributed by atoms with Crippen LogP contribution < -0.4 is 0 Å². The van der Waals surface area contributed by atoms with Crippen molar-refractivity contribution in [3.8, 4) is 5.75 Å². The van der Waals surface area contributed by atoms with E-state index in [1.54, 1.807) is 0 Å². The Hall–Kier alpha value is -1.89. The van der Waals surface area contributed by atoms with Crippen molar-refractivity contribution in [3.05, 3.63) is 36.0 Å². The van der Waals surface area contributed by atoms with Gasteiger partial charge >= 0.3 is 0 Å². The first kappa shape index (κ1) is 14.5. The van der Waals surface area contributed by atoms with Crippen molar-refractivity contribution in [2.75, 3.05) is 0 Å². The Morgan fingerprint density at radius 1 is 1.15 bits per heavy atom. The molecule has 0 aliphatic rings. The van der Waals surface area contributed by atoms with Gasteiger partial charge in [-0.05, 0) is 31.2 Å². The minimum atomic E-state index is -3.63. The van der Waals surface area contributed by atoms with Crippen LogP contribution >= 0.6 is 0 Å². The molecule has 1 aromatic carbocycles. The lowest BCUT2D eigenvalue weighted by Crippen LogP contribution is -2.11. The molecule has 0 fully saturated rings. The molecule has 1 heterocycles. The Kier molecular flexibility index (Phi) is 3.80. The van der Waals surface area contributed by atoms with Crippen LogP contribution in [-0.2, 0) is 9.84 Å². The van der Waals surface area contributed by atoms with Gasteiger partial charge in [-0.2, -0.15) is 4.98 Å². The van der Waals surface area contributed by atoms with Gasteiger partial charge in [0, 0.05) is 5.92 Å². The fourth-order valence-electron chi connectivity index (χ4n) is 1.62. The average molecular weight is 296 g/mol. The summed E-state index contributed by atoms with van der Waals surface area (Å²) in [6.45, 7) is 5.29. The second-order valence-electron chi connectivity index (χ2n) is 4.83. The Bertz CT molecular complexity index is 689. The number of nitrogens with zero attached hydrogens (tertiary/aromatic N) is 2. The monoisotopic (exact) mass is 296 g/mol. The summed E-state index contributed by atoms with van der Waals surface area (Å²) < 4.78 is 29.9. The van der Waals surface area contributed by atoms with Crippen LogP contribution in [0.5, 0.6) is 5.75 Å². The van der Waals surface area contributed by atoms with Crippen molar-refractivity contribution in [1.29, 1.82) is 0 Å². The first-order valence-corrected chi connectivity index (χ1v) is 7.73. The maximum atomic E-state index is 12.4. The van der Waals surface area contributed by atoms with E-state index < -0.39 is 15.1 Å². The van der Waals surface area contributed by atoms with Gasteiger partial charge in [0.2, 0.25) is 5.89 Å². The second kappa shape index (κ2) is 5.24. The molecular weight excluding hydrogens is 280 g/mol. The topological polar surface area (TPSA) is 93.3 Å². The van der Waals surface area contributed by atoms with E-state index in [9.17, 15) is 13.5 Å². The highest BCUT2D eigenvalue weighted by molar-refractivity contribution is 7.91. The highest BCUT2D eigenvalue weighted by atomic mass is 32.2. The maximum Gasteiger partial charge on any atom is 0.245 e. The zero-order valence-corrected chi connectivity index (χ0v) is 12.3. The van der Waals surface area contributed by atoms with Crippen LogP contribution in [-0.4, -0.2) is 23.7 Å². The first-order chi connectivity index (χ1) is 9.32. The molecule has 2 aromatic rings.